The van der Waals surface area contributed by atoms with Gasteiger partial charge in [0, 0.05) is 30.8 Å². The summed E-state index contributed by atoms with van der Waals surface area (Å²) in [5.74, 6) is 0.952. The number of nitro benzene ring substituents is 1. The van der Waals surface area contributed by atoms with Gasteiger partial charge in [0.1, 0.15) is 5.76 Å². The number of aryl methyl sites for hydroxylation is 1. The van der Waals surface area contributed by atoms with Crippen LogP contribution in [0.1, 0.15) is 25.2 Å². The highest BCUT2D eigenvalue weighted by Gasteiger charge is 2.19. The Balaban J connectivity index is 2.08. The number of carbonyl (C=O) groups is 1. The van der Waals surface area contributed by atoms with Crippen LogP contribution in [-0.4, -0.2) is 27.1 Å². The van der Waals surface area contributed by atoms with E-state index in [2.05, 4.69) is 10.5 Å². The van der Waals surface area contributed by atoms with Crippen molar-refractivity contribution in [3.8, 4) is 0 Å². The molecule has 0 spiro atoms. The molecule has 0 aliphatic carbocycles. The molecular weight excluding hydrogens is 300 g/mol. The number of nitrogens with zero attached hydrogens (tertiary/aromatic N) is 3. The van der Waals surface area contributed by atoms with Crippen LogP contribution >= 0.6 is 0 Å². The fourth-order valence-electron chi connectivity index (χ4n) is 2.02. The molecule has 122 valence electrons. The summed E-state index contributed by atoms with van der Waals surface area (Å²) in [6, 6.07) is 7.38. The van der Waals surface area contributed by atoms with E-state index < -0.39 is 4.92 Å². The maximum Gasteiger partial charge on any atom is 0.323 e. The van der Waals surface area contributed by atoms with Crippen LogP contribution in [0.2, 0.25) is 0 Å². The van der Waals surface area contributed by atoms with Crippen molar-refractivity contribution < 1.29 is 14.2 Å². The molecule has 0 saturated heterocycles. The molecular formula is C15H18N4O4. The first-order valence-corrected chi connectivity index (χ1v) is 7.11. The van der Waals surface area contributed by atoms with E-state index in [1.54, 1.807) is 30.0 Å². The average molecular weight is 318 g/mol. The predicted molar refractivity (Wildman–Crippen MR) is 84.0 cm³/mol. The molecule has 0 aliphatic rings. The van der Waals surface area contributed by atoms with Gasteiger partial charge in [-0.15, -0.1) is 0 Å². The van der Waals surface area contributed by atoms with Gasteiger partial charge in [-0.05, 0) is 26.3 Å². The van der Waals surface area contributed by atoms with Crippen LogP contribution in [0.5, 0.6) is 0 Å². The lowest BCUT2D eigenvalue weighted by atomic mass is 10.2. The number of non-ortho nitro benzene ring substituents is 1. The van der Waals surface area contributed by atoms with E-state index >= 15 is 0 Å². The number of rotatable bonds is 5. The number of anilines is 1. The minimum Gasteiger partial charge on any atom is -0.360 e. The summed E-state index contributed by atoms with van der Waals surface area (Å²) in [4.78, 5) is 24.2. The van der Waals surface area contributed by atoms with E-state index in [9.17, 15) is 14.9 Å². The van der Waals surface area contributed by atoms with Gasteiger partial charge in [-0.2, -0.15) is 0 Å². The summed E-state index contributed by atoms with van der Waals surface area (Å²) in [5.41, 5.74) is 0.822. The zero-order valence-corrected chi connectivity index (χ0v) is 13.1. The molecule has 2 amide bonds. The second-order valence-electron chi connectivity index (χ2n) is 5.40. The fourth-order valence-corrected chi connectivity index (χ4v) is 2.02. The van der Waals surface area contributed by atoms with Crippen molar-refractivity contribution in [2.24, 2.45) is 0 Å². The number of benzene rings is 1. The van der Waals surface area contributed by atoms with E-state index in [-0.39, 0.29) is 17.8 Å². The maximum absolute atomic E-state index is 12.4. The Labute approximate surface area is 133 Å². The second kappa shape index (κ2) is 6.91. The first-order chi connectivity index (χ1) is 10.9. The molecule has 1 N–H and O–H groups in total. The third-order valence-electron chi connectivity index (χ3n) is 3.25. The largest absolute Gasteiger partial charge is 0.360 e. The van der Waals surface area contributed by atoms with E-state index in [0.29, 0.717) is 18.1 Å². The molecule has 8 heteroatoms. The molecule has 1 heterocycles. The molecule has 0 bridgehead atoms. The third-order valence-corrected chi connectivity index (χ3v) is 3.25. The summed E-state index contributed by atoms with van der Waals surface area (Å²) >= 11 is 0. The summed E-state index contributed by atoms with van der Waals surface area (Å²) in [6.07, 6.45) is 0. The Hall–Kier alpha value is -2.90. The van der Waals surface area contributed by atoms with E-state index in [1.807, 2.05) is 13.8 Å². The molecule has 0 saturated carbocycles. The lowest BCUT2D eigenvalue weighted by Crippen LogP contribution is -2.39. The fraction of sp³-hybridized carbons (Fsp3) is 0.333. The van der Waals surface area contributed by atoms with Crippen molar-refractivity contribution in [3.63, 3.8) is 0 Å². The molecule has 0 fully saturated rings. The van der Waals surface area contributed by atoms with Gasteiger partial charge in [0.15, 0.2) is 5.82 Å². The highest BCUT2D eigenvalue weighted by Crippen LogP contribution is 2.16. The third kappa shape index (κ3) is 4.29. The predicted octanol–water partition coefficient (Wildman–Crippen LogP) is 3.33. The van der Waals surface area contributed by atoms with Gasteiger partial charge in [-0.3, -0.25) is 15.4 Å². The van der Waals surface area contributed by atoms with Gasteiger partial charge in [0.2, 0.25) is 0 Å². The van der Waals surface area contributed by atoms with Crippen LogP contribution < -0.4 is 5.32 Å². The Kier molecular flexibility index (Phi) is 4.95. The number of aromatic nitrogens is 1. The molecule has 8 nitrogen and oxygen atoms in total. The number of hydrogen-bond acceptors (Lipinski definition) is 5. The summed E-state index contributed by atoms with van der Waals surface area (Å²) in [6.45, 7) is 5.84. The molecule has 2 rings (SSSR count). The first kappa shape index (κ1) is 16.5. The smallest absolute Gasteiger partial charge is 0.323 e. The minimum atomic E-state index is -0.455. The second-order valence-corrected chi connectivity index (χ2v) is 5.40. The lowest BCUT2D eigenvalue weighted by Gasteiger charge is -2.26. The standard InChI is InChI=1S/C15H18N4O4/c1-10(2)18(15(20)16-14-8-11(3)23-17-14)9-12-4-6-13(7-5-12)19(21)22/h4-8,10H,9H2,1-3H3,(H,16,17,20). The molecule has 0 atom stereocenters. The van der Waals surface area contributed by atoms with Crippen molar-refractivity contribution in [2.75, 3.05) is 5.32 Å². The molecule has 0 radical (unpaired) electrons. The van der Waals surface area contributed by atoms with Crippen LogP contribution in [0.25, 0.3) is 0 Å². The highest BCUT2D eigenvalue weighted by atomic mass is 16.6. The lowest BCUT2D eigenvalue weighted by molar-refractivity contribution is -0.384. The van der Waals surface area contributed by atoms with Gasteiger partial charge in [-0.25, -0.2) is 4.79 Å². The highest BCUT2D eigenvalue weighted by molar-refractivity contribution is 5.88. The van der Waals surface area contributed by atoms with Gasteiger partial charge < -0.3 is 9.42 Å². The Morgan fingerprint density at radius 2 is 2.04 bits per heavy atom. The molecule has 2 aromatic rings. The molecule has 0 aliphatic heterocycles. The van der Waals surface area contributed by atoms with E-state index in [0.717, 1.165) is 5.56 Å². The first-order valence-electron chi connectivity index (χ1n) is 7.11. The van der Waals surface area contributed by atoms with Crippen LogP contribution in [0, 0.1) is 17.0 Å². The minimum absolute atomic E-state index is 0.0207. The summed E-state index contributed by atoms with van der Waals surface area (Å²) in [7, 11) is 0. The monoisotopic (exact) mass is 318 g/mol. The van der Waals surface area contributed by atoms with Gasteiger partial charge in [0.05, 0.1) is 4.92 Å². The maximum atomic E-state index is 12.4. The van der Waals surface area contributed by atoms with Gasteiger partial charge in [-0.1, -0.05) is 17.3 Å². The number of hydrogen-bond donors (Lipinski definition) is 1. The number of carbonyl (C=O) groups excluding carboxylic acids is 1. The Bertz CT molecular complexity index is 694. The van der Waals surface area contributed by atoms with Crippen LogP contribution in [0.15, 0.2) is 34.9 Å². The van der Waals surface area contributed by atoms with Crippen molar-refractivity contribution in [1.82, 2.24) is 10.1 Å². The Morgan fingerprint density at radius 3 is 2.52 bits per heavy atom. The summed E-state index contributed by atoms with van der Waals surface area (Å²) < 4.78 is 4.91. The Morgan fingerprint density at radius 1 is 1.39 bits per heavy atom. The van der Waals surface area contributed by atoms with Crippen LogP contribution in [0.3, 0.4) is 0 Å². The summed E-state index contributed by atoms with van der Waals surface area (Å²) in [5, 5.41) is 17.1. The van der Waals surface area contributed by atoms with Gasteiger partial charge in [0.25, 0.3) is 5.69 Å². The number of amides is 2. The van der Waals surface area contributed by atoms with Crippen LogP contribution in [0.4, 0.5) is 16.3 Å². The zero-order valence-electron chi connectivity index (χ0n) is 13.1. The van der Waals surface area contributed by atoms with Crippen molar-refractivity contribution in [3.05, 3.63) is 51.8 Å². The van der Waals surface area contributed by atoms with Gasteiger partial charge >= 0.3 is 6.03 Å². The molecule has 23 heavy (non-hydrogen) atoms. The van der Waals surface area contributed by atoms with Crippen molar-refractivity contribution in [2.45, 2.75) is 33.4 Å². The van der Waals surface area contributed by atoms with Crippen molar-refractivity contribution in [1.29, 1.82) is 0 Å². The number of nitrogens with one attached hydrogen (secondary N) is 1. The number of nitro groups is 1. The number of urea groups is 1. The van der Waals surface area contributed by atoms with Crippen molar-refractivity contribution >= 4 is 17.5 Å². The molecule has 0 unspecified atom stereocenters. The van der Waals surface area contributed by atoms with Crippen LogP contribution in [-0.2, 0) is 6.54 Å². The zero-order chi connectivity index (χ0) is 17.0. The van der Waals surface area contributed by atoms with E-state index in [1.165, 1.54) is 12.1 Å². The quantitative estimate of drug-likeness (QED) is 0.673. The normalized spacial score (nSPS) is 10.6. The topological polar surface area (TPSA) is 102 Å². The molecule has 1 aromatic heterocycles. The molecule has 1 aromatic carbocycles. The SMILES string of the molecule is Cc1cc(NC(=O)N(Cc2ccc([N+](=O)[O-])cc2)C(C)C)no1. The average Bonchev–Trinajstić information content (AvgIpc) is 2.89. The van der Waals surface area contributed by atoms with E-state index in [4.69, 9.17) is 4.52 Å².